The fraction of sp³-hybridized carbons (Fsp3) is 0.500. The number of ether oxygens (including phenoxy) is 1. The topological polar surface area (TPSA) is 56.1 Å². The Kier molecular flexibility index (Phi) is 5.27. The van der Waals surface area contributed by atoms with Crippen LogP contribution in [0.2, 0.25) is 5.02 Å². The lowest BCUT2D eigenvalue weighted by Crippen LogP contribution is -2.30. The van der Waals surface area contributed by atoms with Gasteiger partial charge in [-0.15, -0.1) is 0 Å². The first-order valence-electron chi connectivity index (χ1n) is 9.45. The summed E-state index contributed by atoms with van der Waals surface area (Å²) < 4.78 is 7.33. The van der Waals surface area contributed by atoms with E-state index in [2.05, 4.69) is 5.32 Å². The molecule has 6 heteroatoms. The molecule has 0 radical (unpaired) electrons. The van der Waals surface area contributed by atoms with E-state index in [-0.39, 0.29) is 5.91 Å². The first-order chi connectivity index (χ1) is 12.7. The Labute approximate surface area is 158 Å². The Hall–Kier alpha value is -1.85. The molecule has 0 bridgehead atoms. The van der Waals surface area contributed by atoms with Gasteiger partial charge < -0.3 is 10.1 Å². The van der Waals surface area contributed by atoms with Crippen molar-refractivity contribution in [3.8, 4) is 5.69 Å². The standard InChI is InChI=1S/C20H24ClN3O2/c21-15-6-8-16(9-7-15)24-18-5-3-1-2-4-17(18)19(23-24)20(25)22-12-14-10-11-26-13-14/h6-9,14H,1-5,10-13H2,(H,22,25)/t14-/m1/s1. The van der Waals surface area contributed by atoms with Gasteiger partial charge in [0.2, 0.25) is 0 Å². The predicted molar refractivity (Wildman–Crippen MR) is 101 cm³/mol. The number of fused-ring (bicyclic) bond motifs is 1. The Morgan fingerprint density at radius 2 is 2.04 bits per heavy atom. The van der Waals surface area contributed by atoms with Crippen molar-refractivity contribution in [3.63, 3.8) is 0 Å². The molecule has 4 rings (SSSR count). The van der Waals surface area contributed by atoms with E-state index in [1.54, 1.807) is 0 Å². The van der Waals surface area contributed by atoms with Crippen LogP contribution in [-0.2, 0) is 17.6 Å². The Balaban J connectivity index is 1.63. The van der Waals surface area contributed by atoms with Gasteiger partial charge in [-0.1, -0.05) is 18.0 Å². The van der Waals surface area contributed by atoms with Crippen molar-refractivity contribution in [1.82, 2.24) is 15.1 Å². The molecular weight excluding hydrogens is 350 g/mol. The maximum atomic E-state index is 12.8. The number of carbonyl (C=O) groups is 1. The number of nitrogens with one attached hydrogen (secondary N) is 1. The molecule has 1 amide bonds. The number of nitrogens with zero attached hydrogens (tertiary/aromatic N) is 2. The smallest absolute Gasteiger partial charge is 0.272 e. The van der Waals surface area contributed by atoms with E-state index in [9.17, 15) is 4.79 Å². The fourth-order valence-corrected chi connectivity index (χ4v) is 3.95. The van der Waals surface area contributed by atoms with Gasteiger partial charge in [0.15, 0.2) is 5.69 Å². The van der Waals surface area contributed by atoms with Crippen LogP contribution >= 0.6 is 11.6 Å². The molecule has 0 spiro atoms. The third kappa shape index (κ3) is 3.64. The number of aromatic nitrogens is 2. The van der Waals surface area contributed by atoms with Crippen LogP contribution in [0.4, 0.5) is 0 Å². The number of halogens is 1. The zero-order valence-electron chi connectivity index (χ0n) is 14.8. The van der Waals surface area contributed by atoms with Crippen molar-refractivity contribution in [1.29, 1.82) is 0 Å². The lowest BCUT2D eigenvalue weighted by molar-refractivity contribution is 0.0938. The van der Waals surface area contributed by atoms with E-state index in [1.165, 1.54) is 12.1 Å². The molecular formula is C20H24ClN3O2. The van der Waals surface area contributed by atoms with Gasteiger partial charge in [0.25, 0.3) is 5.91 Å². The molecule has 1 aromatic heterocycles. The lowest BCUT2D eigenvalue weighted by atomic mass is 10.1. The molecule has 1 aliphatic carbocycles. The number of hydrogen-bond donors (Lipinski definition) is 1. The van der Waals surface area contributed by atoms with Crippen molar-refractivity contribution in [2.45, 2.75) is 38.5 Å². The summed E-state index contributed by atoms with van der Waals surface area (Å²) in [6.45, 7) is 2.18. The first kappa shape index (κ1) is 17.6. The summed E-state index contributed by atoms with van der Waals surface area (Å²) in [7, 11) is 0. The summed E-state index contributed by atoms with van der Waals surface area (Å²) in [5.41, 5.74) is 3.81. The zero-order chi connectivity index (χ0) is 17.9. The second-order valence-electron chi connectivity index (χ2n) is 7.16. The van der Waals surface area contributed by atoms with Gasteiger partial charge in [0.05, 0.1) is 12.3 Å². The minimum absolute atomic E-state index is 0.0669. The second kappa shape index (κ2) is 7.80. The van der Waals surface area contributed by atoms with Gasteiger partial charge in [0, 0.05) is 35.3 Å². The monoisotopic (exact) mass is 373 g/mol. The van der Waals surface area contributed by atoms with Crippen molar-refractivity contribution in [2.24, 2.45) is 5.92 Å². The molecule has 1 aliphatic heterocycles. The molecule has 1 fully saturated rings. The number of rotatable bonds is 4. The summed E-state index contributed by atoms with van der Waals surface area (Å²) >= 11 is 6.02. The third-order valence-electron chi connectivity index (χ3n) is 5.29. The lowest BCUT2D eigenvalue weighted by Gasteiger charge is -2.09. The summed E-state index contributed by atoms with van der Waals surface area (Å²) in [5.74, 6) is 0.346. The SMILES string of the molecule is O=C(NC[C@H]1CCOC1)c1nn(-c2ccc(Cl)cc2)c2c1CCCCC2. The van der Waals surface area contributed by atoms with Crippen molar-refractivity contribution in [2.75, 3.05) is 19.8 Å². The normalized spacial score (nSPS) is 19.8. The molecule has 1 atom stereocenters. The number of carbonyl (C=O) groups excluding carboxylic acids is 1. The van der Waals surface area contributed by atoms with Crippen molar-refractivity contribution >= 4 is 17.5 Å². The summed E-state index contributed by atoms with van der Waals surface area (Å²) in [4.78, 5) is 12.8. The third-order valence-corrected chi connectivity index (χ3v) is 5.54. The molecule has 5 nitrogen and oxygen atoms in total. The highest BCUT2D eigenvalue weighted by molar-refractivity contribution is 6.30. The van der Waals surface area contributed by atoms with Crippen LogP contribution in [0.25, 0.3) is 5.69 Å². The number of benzene rings is 1. The summed E-state index contributed by atoms with van der Waals surface area (Å²) in [6.07, 6.45) is 6.31. The van der Waals surface area contributed by atoms with E-state index in [0.717, 1.165) is 56.6 Å². The minimum atomic E-state index is -0.0669. The molecule has 2 heterocycles. The van der Waals surface area contributed by atoms with Crippen molar-refractivity contribution < 1.29 is 9.53 Å². The van der Waals surface area contributed by atoms with Gasteiger partial charge >= 0.3 is 0 Å². The van der Waals surface area contributed by atoms with Crippen LogP contribution in [0, 0.1) is 5.92 Å². The highest BCUT2D eigenvalue weighted by atomic mass is 35.5. The maximum Gasteiger partial charge on any atom is 0.272 e. The molecule has 2 aromatic rings. The Morgan fingerprint density at radius 1 is 1.23 bits per heavy atom. The summed E-state index contributed by atoms with van der Waals surface area (Å²) in [5, 5.41) is 8.48. The molecule has 1 N–H and O–H groups in total. The highest BCUT2D eigenvalue weighted by Gasteiger charge is 2.25. The molecule has 26 heavy (non-hydrogen) atoms. The first-order valence-corrected chi connectivity index (χ1v) is 9.83. The maximum absolute atomic E-state index is 12.8. The quantitative estimate of drug-likeness (QED) is 0.833. The molecule has 0 unspecified atom stereocenters. The van der Waals surface area contributed by atoms with Gasteiger partial charge in [-0.3, -0.25) is 4.79 Å². The van der Waals surface area contributed by atoms with E-state index in [4.69, 9.17) is 21.4 Å². The largest absolute Gasteiger partial charge is 0.381 e. The Morgan fingerprint density at radius 3 is 2.81 bits per heavy atom. The molecule has 138 valence electrons. The van der Waals surface area contributed by atoms with Gasteiger partial charge in [-0.25, -0.2) is 4.68 Å². The van der Waals surface area contributed by atoms with Gasteiger partial charge in [0.1, 0.15) is 0 Å². The van der Waals surface area contributed by atoms with E-state index >= 15 is 0 Å². The average molecular weight is 374 g/mol. The number of hydrogen-bond acceptors (Lipinski definition) is 3. The van der Waals surface area contributed by atoms with Crippen LogP contribution < -0.4 is 5.32 Å². The molecule has 0 saturated carbocycles. The second-order valence-corrected chi connectivity index (χ2v) is 7.60. The van der Waals surface area contributed by atoms with E-state index in [1.807, 2.05) is 28.9 Å². The molecule has 2 aliphatic rings. The van der Waals surface area contributed by atoms with Crippen LogP contribution in [0.15, 0.2) is 24.3 Å². The van der Waals surface area contributed by atoms with Crippen LogP contribution in [0.1, 0.15) is 47.4 Å². The van der Waals surface area contributed by atoms with Crippen LogP contribution in [0.3, 0.4) is 0 Å². The zero-order valence-corrected chi connectivity index (χ0v) is 15.6. The van der Waals surface area contributed by atoms with Gasteiger partial charge in [-0.05, 0) is 56.4 Å². The predicted octanol–water partition coefficient (Wildman–Crippen LogP) is 3.56. The van der Waals surface area contributed by atoms with E-state index in [0.29, 0.717) is 23.2 Å². The van der Waals surface area contributed by atoms with E-state index < -0.39 is 0 Å². The molecule has 1 saturated heterocycles. The van der Waals surface area contributed by atoms with Crippen LogP contribution in [0.5, 0.6) is 0 Å². The highest BCUT2D eigenvalue weighted by Crippen LogP contribution is 2.27. The Bertz CT molecular complexity index is 779. The average Bonchev–Trinajstić information content (AvgIpc) is 3.23. The van der Waals surface area contributed by atoms with Crippen LogP contribution in [-0.4, -0.2) is 35.4 Å². The van der Waals surface area contributed by atoms with Gasteiger partial charge in [-0.2, -0.15) is 5.10 Å². The summed E-state index contributed by atoms with van der Waals surface area (Å²) in [6, 6.07) is 7.64. The fourth-order valence-electron chi connectivity index (χ4n) is 3.82. The van der Waals surface area contributed by atoms with Crippen molar-refractivity contribution in [3.05, 3.63) is 46.2 Å². The molecule has 1 aromatic carbocycles. The number of amides is 1. The minimum Gasteiger partial charge on any atom is -0.381 e.